The molecule has 0 bridgehead atoms. The fourth-order valence-electron chi connectivity index (χ4n) is 3.11. The number of hydrogen-bond donors (Lipinski definition) is 0. The number of nitrogens with zero attached hydrogens (tertiary/aromatic N) is 3. The van der Waals surface area contributed by atoms with E-state index in [0.29, 0.717) is 18.6 Å². The summed E-state index contributed by atoms with van der Waals surface area (Å²) in [5.41, 5.74) is 0.462. The molecule has 3 heterocycles. The predicted octanol–water partition coefficient (Wildman–Crippen LogP) is 1.97. The highest BCUT2D eigenvalue weighted by atomic mass is 32.2. The zero-order chi connectivity index (χ0) is 18.1. The van der Waals surface area contributed by atoms with Crippen molar-refractivity contribution in [2.45, 2.75) is 4.90 Å². The molecule has 0 atom stereocenters. The second kappa shape index (κ2) is 6.54. The Labute approximate surface area is 150 Å². The summed E-state index contributed by atoms with van der Waals surface area (Å²) in [7, 11) is -3.68. The van der Waals surface area contributed by atoms with Crippen LogP contribution in [0.25, 0.3) is 10.9 Å². The van der Waals surface area contributed by atoms with E-state index in [1.54, 1.807) is 41.4 Å². The van der Waals surface area contributed by atoms with E-state index >= 15 is 0 Å². The minimum atomic E-state index is -3.68. The van der Waals surface area contributed by atoms with Gasteiger partial charge in [-0.05, 0) is 24.3 Å². The van der Waals surface area contributed by atoms with Gasteiger partial charge in [0.05, 0.1) is 11.8 Å². The van der Waals surface area contributed by atoms with E-state index in [-0.39, 0.29) is 29.7 Å². The highest BCUT2D eigenvalue weighted by Crippen LogP contribution is 2.25. The number of sulfonamides is 1. The summed E-state index contributed by atoms with van der Waals surface area (Å²) in [6, 6.07) is 12.0. The van der Waals surface area contributed by atoms with Crippen molar-refractivity contribution >= 4 is 26.8 Å². The molecule has 7 nitrogen and oxygen atoms in total. The quantitative estimate of drug-likeness (QED) is 0.703. The maximum absolute atomic E-state index is 13.1. The number of rotatable bonds is 3. The van der Waals surface area contributed by atoms with Crippen molar-refractivity contribution in [2.75, 3.05) is 26.2 Å². The number of furan rings is 1. The molecule has 3 aromatic rings. The molecule has 8 heteroatoms. The third-order valence-corrected chi connectivity index (χ3v) is 6.40. The van der Waals surface area contributed by atoms with Crippen LogP contribution in [0.5, 0.6) is 0 Å². The highest BCUT2D eigenvalue weighted by molar-refractivity contribution is 7.89. The standard InChI is InChI=1S/C18H17N3O4S/c22-18(15-6-3-13-25-15)20-9-11-21(12-10-20)26(23,24)16-7-1-4-14-5-2-8-19-17(14)16/h1-8,13H,9-12H2. The fraction of sp³-hybridized carbons (Fsp3) is 0.222. The van der Waals surface area contributed by atoms with Crippen molar-refractivity contribution in [1.29, 1.82) is 0 Å². The molecule has 0 N–H and O–H groups in total. The molecule has 134 valence electrons. The first-order valence-corrected chi connectivity index (χ1v) is 9.68. The number of benzene rings is 1. The van der Waals surface area contributed by atoms with Gasteiger partial charge in [0, 0.05) is 37.8 Å². The molecule has 1 aromatic carbocycles. The van der Waals surface area contributed by atoms with Crippen molar-refractivity contribution in [3.63, 3.8) is 0 Å². The number of aromatic nitrogens is 1. The molecule has 1 fully saturated rings. The first kappa shape index (κ1) is 16.7. The second-order valence-corrected chi connectivity index (χ2v) is 7.91. The van der Waals surface area contributed by atoms with Gasteiger partial charge >= 0.3 is 0 Å². The van der Waals surface area contributed by atoms with Crippen LogP contribution in [0.2, 0.25) is 0 Å². The molecular weight excluding hydrogens is 354 g/mol. The molecule has 2 aromatic heterocycles. The number of piperazine rings is 1. The van der Waals surface area contributed by atoms with E-state index in [1.165, 1.54) is 10.6 Å². The minimum absolute atomic E-state index is 0.196. The Hall–Kier alpha value is -2.71. The topological polar surface area (TPSA) is 83.7 Å². The lowest BCUT2D eigenvalue weighted by atomic mass is 10.2. The number of hydrogen-bond acceptors (Lipinski definition) is 5. The smallest absolute Gasteiger partial charge is 0.289 e. The lowest BCUT2D eigenvalue weighted by molar-refractivity contribution is 0.0666. The summed E-state index contributed by atoms with van der Waals surface area (Å²) in [6.45, 7) is 1.10. The summed E-state index contributed by atoms with van der Waals surface area (Å²) >= 11 is 0. The first-order valence-electron chi connectivity index (χ1n) is 8.24. The van der Waals surface area contributed by atoms with Crippen LogP contribution in [0, 0.1) is 0 Å². The van der Waals surface area contributed by atoms with Gasteiger partial charge in [0.1, 0.15) is 4.90 Å². The Bertz CT molecular complexity index is 1030. The molecule has 0 unspecified atom stereocenters. The molecule has 4 rings (SSSR count). The van der Waals surface area contributed by atoms with Crippen LogP contribution in [0.3, 0.4) is 0 Å². The van der Waals surface area contributed by atoms with E-state index in [4.69, 9.17) is 4.42 Å². The minimum Gasteiger partial charge on any atom is -0.459 e. The van der Waals surface area contributed by atoms with Gasteiger partial charge in [-0.3, -0.25) is 9.78 Å². The Morgan fingerprint density at radius 3 is 2.50 bits per heavy atom. The summed E-state index contributed by atoms with van der Waals surface area (Å²) in [5, 5.41) is 0.778. The molecule has 0 spiro atoms. The van der Waals surface area contributed by atoms with E-state index in [9.17, 15) is 13.2 Å². The highest BCUT2D eigenvalue weighted by Gasteiger charge is 2.32. The Kier molecular flexibility index (Phi) is 4.21. The third kappa shape index (κ3) is 2.87. The maximum atomic E-state index is 13.1. The Morgan fingerprint density at radius 2 is 1.77 bits per heavy atom. The largest absolute Gasteiger partial charge is 0.459 e. The lowest BCUT2D eigenvalue weighted by Gasteiger charge is -2.33. The number of amides is 1. The SMILES string of the molecule is O=C(c1ccco1)N1CCN(S(=O)(=O)c2cccc3cccnc23)CC1. The average molecular weight is 371 g/mol. The number of carbonyl (C=O) groups excluding carboxylic acids is 1. The summed E-state index contributed by atoms with van der Waals surface area (Å²) < 4.78 is 32.7. The van der Waals surface area contributed by atoms with Gasteiger partial charge in [-0.1, -0.05) is 18.2 Å². The molecule has 0 radical (unpaired) electrons. The van der Waals surface area contributed by atoms with Gasteiger partial charge in [-0.25, -0.2) is 8.42 Å². The molecule has 1 aliphatic rings. The van der Waals surface area contributed by atoms with Crippen molar-refractivity contribution < 1.29 is 17.6 Å². The van der Waals surface area contributed by atoms with Gasteiger partial charge in [0.25, 0.3) is 5.91 Å². The predicted molar refractivity (Wildman–Crippen MR) is 95.1 cm³/mol. The third-order valence-electron chi connectivity index (χ3n) is 4.47. The number of para-hydroxylation sites is 1. The first-order chi connectivity index (χ1) is 12.6. The van der Waals surface area contributed by atoms with Crippen LogP contribution >= 0.6 is 0 Å². The Balaban J connectivity index is 1.56. The fourth-order valence-corrected chi connectivity index (χ4v) is 4.70. The van der Waals surface area contributed by atoms with Crippen LogP contribution in [0.15, 0.2) is 64.2 Å². The molecule has 1 amide bonds. The second-order valence-electron chi connectivity index (χ2n) is 6.00. The van der Waals surface area contributed by atoms with Gasteiger partial charge in [-0.15, -0.1) is 0 Å². The van der Waals surface area contributed by atoms with Crippen LogP contribution in [-0.2, 0) is 10.0 Å². The Morgan fingerprint density at radius 1 is 1.00 bits per heavy atom. The molecular formula is C18H17N3O4S. The zero-order valence-corrected chi connectivity index (χ0v) is 14.7. The van der Waals surface area contributed by atoms with E-state index in [2.05, 4.69) is 4.98 Å². The number of carbonyl (C=O) groups is 1. The molecule has 26 heavy (non-hydrogen) atoms. The average Bonchev–Trinajstić information content (AvgIpc) is 3.22. The van der Waals surface area contributed by atoms with E-state index < -0.39 is 10.0 Å². The van der Waals surface area contributed by atoms with Crippen molar-refractivity contribution in [1.82, 2.24) is 14.2 Å². The van der Waals surface area contributed by atoms with Crippen LogP contribution in [-0.4, -0.2) is 54.7 Å². The van der Waals surface area contributed by atoms with E-state index in [1.807, 2.05) is 12.1 Å². The lowest BCUT2D eigenvalue weighted by Crippen LogP contribution is -2.50. The molecule has 0 saturated carbocycles. The van der Waals surface area contributed by atoms with Gasteiger partial charge in [0.2, 0.25) is 10.0 Å². The van der Waals surface area contributed by atoms with E-state index in [0.717, 1.165) is 5.39 Å². The number of fused-ring (bicyclic) bond motifs is 1. The summed E-state index contributed by atoms with van der Waals surface area (Å²) in [5.74, 6) is 0.0402. The van der Waals surface area contributed by atoms with Gasteiger partial charge in [0.15, 0.2) is 5.76 Å². The molecule has 1 aliphatic heterocycles. The van der Waals surface area contributed by atoms with Crippen molar-refractivity contribution in [3.8, 4) is 0 Å². The summed E-state index contributed by atoms with van der Waals surface area (Å²) in [4.78, 5) is 18.4. The molecule has 1 saturated heterocycles. The van der Waals surface area contributed by atoms with Gasteiger partial charge < -0.3 is 9.32 Å². The van der Waals surface area contributed by atoms with Crippen molar-refractivity contribution in [3.05, 3.63) is 60.7 Å². The van der Waals surface area contributed by atoms with Crippen LogP contribution in [0.4, 0.5) is 0 Å². The van der Waals surface area contributed by atoms with Crippen LogP contribution < -0.4 is 0 Å². The van der Waals surface area contributed by atoms with Gasteiger partial charge in [-0.2, -0.15) is 4.31 Å². The monoisotopic (exact) mass is 371 g/mol. The maximum Gasteiger partial charge on any atom is 0.289 e. The number of pyridine rings is 1. The summed E-state index contributed by atoms with van der Waals surface area (Å²) in [6.07, 6.45) is 3.03. The van der Waals surface area contributed by atoms with Crippen LogP contribution in [0.1, 0.15) is 10.6 Å². The zero-order valence-electron chi connectivity index (χ0n) is 13.9. The normalized spacial score (nSPS) is 16.1. The molecule has 0 aliphatic carbocycles. The van der Waals surface area contributed by atoms with Crippen molar-refractivity contribution in [2.24, 2.45) is 0 Å².